The lowest BCUT2D eigenvalue weighted by molar-refractivity contribution is 0.0829. The lowest BCUT2D eigenvalue weighted by Gasteiger charge is -2.44. The fourth-order valence-electron chi connectivity index (χ4n) is 3.22. The van der Waals surface area contributed by atoms with Crippen LogP contribution in [0.25, 0.3) is 0 Å². The van der Waals surface area contributed by atoms with Crippen molar-refractivity contribution in [2.45, 2.75) is 59.5 Å². The molecule has 1 aliphatic rings. The fraction of sp³-hybridized carbons (Fsp3) is 0.824. The Balaban J connectivity index is 1.96. The second kappa shape index (κ2) is 7.70. The molecule has 2 heterocycles. The van der Waals surface area contributed by atoms with Gasteiger partial charge >= 0.3 is 0 Å². The molecule has 1 aliphatic heterocycles. The van der Waals surface area contributed by atoms with Gasteiger partial charge in [-0.1, -0.05) is 34.1 Å². The summed E-state index contributed by atoms with van der Waals surface area (Å²) in [5.74, 6) is 1.45. The van der Waals surface area contributed by atoms with Crippen LogP contribution in [0.1, 0.15) is 44.8 Å². The molecular formula is C17H31N3S. The van der Waals surface area contributed by atoms with Crippen LogP contribution in [0.5, 0.6) is 0 Å². The highest BCUT2D eigenvalue weighted by atomic mass is 32.1. The summed E-state index contributed by atoms with van der Waals surface area (Å²) in [6.07, 6.45) is 2.34. The monoisotopic (exact) mass is 309 g/mol. The molecule has 1 saturated heterocycles. The third kappa shape index (κ3) is 4.51. The topological polar surface area (TPSA) is 28.2 Å². The zero-order valence-corrected chi connectivity index (χ0v) is 15.0. The molecule has 4 heteroatoms. The van der Waals surface area contributed by atoms with E-state index in [1.165, 1.54) is 23.7 Å². The largest absolute Gasteiger partial charge is 0.311 e. The van der Waals surface area contributed by atoms with Gasteiger partial charge in [-0.05, 0) is 18.8 Å². The first-order chi connectivity index (χ1) is 10.0. The lowest BCUT2D eigenvalue weighted by atomic mass is 9.92. The molecular weight excluding hydrogens is 278 g/mol. The number of hydrogen-bond acceptors (Lipinski definition) is 4. The Bertz CT molecular complexity index is 429. The third-order valence-electron chi connectivity index (χ3n) is 4.91. The van der Waals surface area contributed by atoms with Crippen molar-refractivity contribution in [2.75, 3.05) is 19.6 Å². The number of nitrogens with zero attached hydrogens (tertiary/aromatic N) is 2. The van der Waals surface area contributed by atoms with E-state index in [0.717, 1.165) is 25.4 Å². The number of nitrogens with one attached hydrogen (secondary N) is 1. The van der Waals surface area contributed by atoms with Crippen molar-refractivity contribution in [3.05, 3.63) is 16.1 Å². The maximum absolute atomic E-state index is 4.61. The van der Waals surface area contributed by atoms with Crippen molar-refractivity contribution < 1.29 is 0 Å². The number of thiazole rings is 1. The van der Waals surface area contributed by atoms with Crippen LogP contribution in [-0.4, -0.2) is 41.6 Å². The first-order valence-corrected chi connectivity index (χ1v) is 9.27. The van der Waals surface area contributed by atoms with E-state index in [2.05, 4.69) is 55.2 Å². The number of hydrogen-bond donors (Lipinski definition) is 1. The third-order valence-corrected chi connectivity index (χ3v) is 5.73. The molecule has 1 aromatic rings. The molecule has 1 fully saturated rings. The van der Waals surface area contributed by atoms with Crippen molar-refractivity contribution >= 4 is 11.3 Å². The fourth-order valence-corrected chi connectivity index (χ4v) is 3.86. The van der Waals surface area contributed by atoms with Crippen molar-refractivity contribution in [3.8, 4) is 0 Å². The van der Waals surface area contributed by atoms with E-state index >= 15 is 0 Å². The van der Waals surface area contributed by atoms with Gasteiger partial charge in [0, 0.05) is 43.5 Å². The maximum Gasteiger partial charge on any atom is 0.0897 e. The van der Waals surface area contributed by atoms with Gasteiger partial charge in [-0.15, -0.1) is 11.3 Å². The Morgan fingerprint density at radius 1 is 1.43 bits per heavy atom. The van der Waals surface area contributed by atoms with Crippen molar-refractivity contribution in [3.63, 3.8) is 0 Å². The van der Waals surface area contributed by atoms with Gasteiger partial charge in [-0.3, -0.25) is 4.90 Å². The SMILES string of the molecule is CCC(C)C1CN(CCc2csc(C)n2)C(C(C)C)CN1. The smallest absolute Gasteiger partial charge is 0.0897 e. The molecule has 3 atom stereocenters. The standard InChI is InChI=1S/C17H31N3S/c1-6-13(4)16-10-20(17(9-18-16)12(2)3)8-7-15-11-21-14(5)19-15/h11-13,16-18H,6-10H2,1-5H3. The average molecular weight is 310 g/mol. The van der Waals surface area contributed by atoms with E-state index in [-0.39, 0.29) is 0 Å². The average Bonchev–Trinajstić information content (AvgIpc) is 2.89. The predicted molar refractivity (Wildman–Crippen MR) is 92.0 cm³/mol. The van der Waals surface area contributed by atoms with E-state index in [1.54, 1.807) is 11.3 Å². The Labute approximate surface area is 134 Å². The molecule has 2 rings (SSSR count). The van der Waals surface area contributed by atoms with Crippen LogP contribution >= 0.6 is 11.3 Å². The minimum atomic E-state index is 0.641. The molecule has 0 bridgehead atoms. The van der Waals surface area contributed by atoms with Crippen molar-refractivity contribution in [1.29, 1.82) is 0 Å². The van der Waals surface area contributed by atoms with Crippen molar-refractivity contribution in [2.24, 2.45) is 11.8 Å². The Hall–Kier alpha value is -0.450. The second-order valence-electron chi connectivity index (χ2n) is 6.81. The van der Waals surface area contributed by atoms with Crippen LogP contribution in [0.3, 0.4) is 0 Å². The summed E-state index contributed by atoms with van der Waals surface area (Å²) in [5.41, 5.74) is 1.26. The summed E-state index contributed by atoms with van der Waals surface area (Å²) in [4.78, 5) is 7.31. The number of piperazine rings is 1. The van der Waals surface area contributed by atoms with Gasteiger partial charge in [-0.2, -0.15) is 0 Å². The first-order valence-electron chi connectivity index (χ1n) is 8.39. The van der Waals surface area contributed by atoms with Crippen LogP contribution in [0, 0.1) is 18.8 Å². The van der Waals surface area contributed by atoms with Gasteiger partial charge < -0.3 is 5.32 Å². The molecule has 1 aromatic heterocycles. The molecule has 21 heavy (non-hydrogen) atoms. The van der Waals surface area contributed by atoms with E-state index in [4.69, 9.17) is 0 Å². The quantitative estimate of drug-likeness (QED) is 0.873. The van der Waals surface area contributed by atoms with Gasteiger partial charge in [0.15, 0.2) is 0 Å². The Morgan fingerprint density at radius 3 is 2.76 bits per heavy atom. The number of rotatable bonds is 6. The van der Waals surface area contributed by atoms with Gasteiger partial charge in [0.1, 0.15) is 0 Å². The van der Waals surface area contributed by atoms with Crippen LogP contribution in [0.15, 0.2) is 5.38 Å². The summed E-state index contributed by atoms with van der Waals surface area (Å²) in [6.45, 7) is 14.9. The molecule has 0 aromatic carbocycles. The predicted octanol–water partition coefficient (Wildman–Crippen LogP) is 3.34. The Morgan fingerprint density at radius 2 is 2.19 bits per heavy atom. The normalized spacial score (nSPS) is 25.4. The zero-order valence-electron chi connectivity index (χ0n) is 14.2. The summed E-state index contributed by atoms with van der Waals surface area (Å²) >= 11 is 1.77. The molecule has 0 aliphatic carbocycles. The van der Waals surface area contributed by atoms with Crippen LogP contribution < -0.4 is 5.32 Å². The van der Waals surface area contributed by atoms with Crippen LogP contribution in [-0.2, 0) is 6.42 Å². The van der Waals surface area contributed by atoms with Gasteiger partial charge in [0.05, 0.1) is 10.7 Å². The van der Waals surface area contributed by atoms with E-state index in [1.807, 2.05) is 0 Å². The molecule has 0 saturated carbocycles. The summed E-state index contributed by atoms with van der Waals surface area (Å²) in [6, 6.07) is 1.30. The molecule has 1 N–H and O–H groups in total. The molecule has 3 unspecified atom stereocenters. The van der Waals surface area contributed by atoms with Gasteiger partial charge in [0.2, 0.25) is 0 Å². The number of aryl methyl sites for hydroxylation is 1. The first kappa shape index (κ1) is 16.9. The van der Waals surface area contributed by atoms with E-state index < -0.39 is 0 Å². The molecule has 0 spiro atoms. The van der Waals surface area contributed by atoms with Gasteiger partial charge in [-0.25, -0.2) is 4.98 Å². The lowest BCUT2D eigenvalue weighted by Crippen LogP contribution is -2.60. The maximum atomic E-state index is 4.61. The molecule has 0 radical (unpaired) electrons. The van der Waals surface area contributed by atoms with Crippen LogP contribution in [0.4, 0.5) is 0 Å². The summed E-state index contributed by atoms with van der Waals surface area (Å²) in [7, 11) is 0. The van der Waals surface area contributed by atoms with E-state index in [9.17, 15) is 0 Å². The molecule has 0 amide bonds. The van der Waals surface area contributed by atoms with Crippen LogP contribution in [0.2, 0.25) is 0 Å². The number of aromatic nitrogens is 1. The molecule has 120 valence electrons. The summed E-state index contributed by atoms with van der Waals surface area (Å²) in [5, 5.41) is 7.18. The highest BCUT2D eigenvalue weighted by Gasteiger charge is 2.31. The van der Waals surface area contributed by atoms with Crippen molar-refractivity contribution in [1.82, 2.24) is 15.2 Å². The minimum Gasteiger partial charge on any atom is -0.311 e. The highest BCUT2D eigenvalue weighted by Crippen LogP contribution is 2.20. The van der Waals surface area contributed by atoms with Gasteiger partial charge in [0.25, 0.3) is 0 Å². The minimum absolute atomic E-state index is 0.641. The Kier molecular flexibility index (Phi) is 6.20. The highest BCUT2D eigenvalue weighted by molar-refractivity contribution is 7.09. The van der Waals surface area contributed by atoms with E-state index in [0.29, 0.717) is 18.0 Å². The summed E-state index contributed by atoms with van der Waals surface area (Å²) < 4.78 is 0. The molecule has 3 nitrogen and oxygen atoms in total. The second-order valence-corrected chi connectivity index (χ2v) is 7.88. The zero-order chi connectivity index (χ0) is 15.4.